The van der Waals surface area contributed by atoms with Gasteiger partial charge in [0.15, 0.2) is 0 Å². The predicted molar refractivity (Wildman–Crippen MR) is 199 cm³/mol. The number of amides is 3. The number of likely N-dealkylation sites (tertiary alicyclic amines) is 1. The molecule has 0 bridgehead atoms. The maximum absolute atomic E-state index is 15.2. The third kappa shape index (κ3) is 6.72. The highest BCUT2D eigenvalue weighted by Crippen LogP contribution is 2.54. The highest BCUT2D eigenvalue weighted by atomic mass is 35.5. The van der Waals surface area contributed by atoms with Gasteiger partial charge in [-0.2, -0.15) is 0 Å². The molecule has 0 saturated carbocycles. The lowest BCUT2D eigenvalue weighted by Crippen LogP contribution is -2.61. The van der Waals surface area contributed by atoms with E-state index in [9.17, 15) is 4.79 Å². The predicted octanol–water partition coefficient (Wildman–Crippen LogP) is 7.34. The van der Waals surface area contributed by atoms with Gasteiger partial charge in [0.05, 0.1) is 18.7 Å². The summed E-state index contributed by atoms with van der Waals surface area (Å²) in [6, 6.07) is 17.1. The lowest BCUT2D eigenvalue weighted by atomic mass is 9.71. The first kappa shape index (κ1) is 36.1. The Balaban J connectivity index is 1.45. The maximum Gasteiger partial charge on any atom is 0.326 e. The van der Waals surface area contributed by atoms with Crippen molar-refractivity contribution >= 4 is 41.0 Å². The first-order valence-corrected chi connectivity index (χ1v) is 18.4. The van der Waals surface area contributed by atoms with Gasteiger partial charge in [-0.15, -0.1) is 0 Å². The number of benzene rings is 2. The zero-order chi connectivity index (χ0) is 35.8. The SMILES string of the molecule is CCOc1cc(C(C)(C)C)ncc1C1=N[C@@](C)(c2ccc(Cl)cc2)[C@@](C)(c2ccc(Cl)cc2)N1C(=O)N1CCN(CC(=O)N2CCCC2)CC1. The summed E-state index contributed by atoms with van der Waals surface area (Å²) in [6.07, 6.45) is 3.92. The van der Waals surface area contributed by atoms with E-state index < -0.39 is 11.1 Å². The molecule has 2 fully saturated rings. The fourth-order valence-electron chi connectivity index (χ4n) is 7.35. The number of pyridine rings is 1. The number of aliphatic imine (C=N–C) groups is 1. The Kier molecular flexibility index (Phi) is 10.2. The van der Waals surface area contributed by atoms with Gasteiger partial charge in [0.2, 0.25) is 5.91 Å². The molecule has 2 atom stereocenters. The lowest BCUT2D eigenvalue weighted by Gasteiger charge is -2.47. The molecule has 3 aliphatic heterocycles. The maximum atomic E-state index is 15.2. The zero-order valence-electron chi connectivity index (χ0n) is 30.0. The molecule has 3 aliphatic rings. The summed E-state index contributed by atoms with van der Waals surface area (Å²) >= 11 is 12.8. The van der Waals surface area contributed by atoms with Gasteiger partial charge in [-0.25, -0.2) is 4.79 Å². The highest BCUT2D eigenvalue weighted by molar-refractivity contribution is 6.30. The number of piperazine rings is 1. The minimum Gasteiger partial charge on any atom is -0.493 e. The van der Waals surface area contributed by atoms with Crippen molar-refractivity contribution in [3.63, 3.8) is 0 Å². The summed E-state index contributed by atoms with van der Waals surface area (Å²) < 4.78 is 6.28. The van der Waals surface area contributed by atoms with E-state index in [1.165, 1.54) is 0 Å². The van der Waals surface area contributed by atoms with Gasteiger partial charge in [-0.3, -0.25) is 24.6 Å². The Bertz CT molecular complexity index is 1740. The average Bonchev–Trinajstić information content (AvgIpc) is 3.71. The van der Waals surface area contributed by atoms with E-state index in [1.54, 1.807) is 6.20 Å². The topological polar surface area (TPSA) is 81.6 Å². The summed E-state index contributed by atoms with van der Waals surface area (Å²) in [5.41, 5.74) is 1.08. The molecule has 0 spiro atoms. The molecule has 0 unspecified atom stereocenters. The first-order valence-electron chi connectivity index (χ1n) is 17.6. The molecule has 9 nitrogen and oxygen atoms in total. The van der Waals surface area contributed by atoms with Crippen molar-refractivity contribution in [3.8, 4) is 5.75 Å². The summed E-state index contributed by atoms with van der Waals surface area (Å²) in [7, 11) is 0. The molecule has 50 heavy (non-hydrogen) atoms. The quantitative estimate of drug-likeness (QED) is 0.256. The molecule has 2 saturated heterocycles. The van der Waals surface area contributed by atoms with Gasteiger partial charge in [0.1, 0.15) is 22.7 Å². The Morgan fingerprint density at radius 2 is 1.42 bits per heavy atom. The second kappa shape index (κ2) is 14.2. The minimum absolute atomic E-state index is 0.167. The van der Waals surface area contributed by atoms with Crippen molar-refractivity contribution in [2.24, 2.45) is 4.99 Å². The van der Waals surface area contributed by atoms with Gasteiger partial charge in [0.25, 0.3) is 0 Å². The van der Waals surface area contributed by atoms with E-state index in [4.69, 9.17) is 37.9 Å². The Labute approximate surface area is 306 Å². The average molecular weight is 720 g/mol. The number of hydrogen-bond acceptors (Lipinski definition) is 6. The van der Waals surface area contributed by atoms with Crippen LogP contribution in [-0.2, 0) is 21.3 Å². The molecule has 3 amide bonds. The van der Waals surface area contributed by atoms with Gasteiger partial charge in [-0.1, -0.05) is 68.2 Å². The van der Waals surface area contributed by atoms with Crippen LogP contribution in [0, 0.1) is 0 Å². The summed E-state index contributed by atoms with van der Waals surface area (Å²) in [4.78, 5) is 46.4. The van der Waals surface area contributed by atoms with Crippen LogP contribution in [0.3, 0.4) is 0 Å². The van der Waals surface area contributed by atoms with E-state index >= 15 is 4.79 Å². The van der Waals surface area contributed by atoms with E-state index in [-0.39, 0.29) is 17.4 Å². The number of amidine groups is 1. The van der Waals surface area contributed by atoms with Crippen molar-refractivity contribution in [1.29, 1.82) is 0 Å². The standard InChI is InChI=1S/C39H48Cl2N6O3/c1-7-50-32-24-33(37(2,3)4)42-25-31(32)35-43-38(5,27-10-14-29(40)15-11-27)39(6,28-12-16-30(41)17-13-28)47(35)36(49)46-22-20-44(21-23-46)26-34(48)45-18-8-9-19-45/h10-17,24-25H,7-9,18-23,26H2,1-6H3/t38-,39+/m0/s1. The third-order valence-corrected chi connectivity index (χ3v) is 11.1. The van der Waals surface area contributed by atoms with Crippen LogP contribution in [0.15, 0.2) is 65.8 Å². The van der Waals surface area contributed by atoms with Crippen LogP contribution in [-0.4, -0.2) is 94.8 Å². The first-order chi connectivity index (χ1) is 23.8. The zero-order valence-corrected chi connectivity index (χ0v) is 31.5. The van der Waals surface area contributed by atoms with Gasteiger partial charge in [0, 0.05) is 72.7 Å². The molecule has 0 aliphatic carbocycles. The summed E-state index contributed by atoms with van der Waals surface area (Å²) in [6.45, 7) is 17.0. The third-order valence-electron chi connectivity index (χ3n) is 10.6. The number of carbonyl (C=O) groups excluding carboxylic acids is 2. The van der Waals surface area contributed by atoms with Crippen LogP contribution in [0.5, 0.6) is 5.75 Å². The molecular formula is C39H48Cl2N6O3. The molecule has 0 radical (unpaired) electrons. The van der Waals surface area contributed by atoms with E-state index in [1.807, 2.05) is 76.2 Å². The molecule has 2 aromatic carbocycles. The molecule has 6 rings (SSSR count). The number of aromatic nitrogens is 1. The number of urea groups is 1. The molecule has 4 heterocycles. The number of hydrogen-bond donors (Lipinski definition) is 0. The smallest absolute Gasteiger partial charge is 0.326 e. The van der Waals surface area contributed by atoms with Crippen molar-refractivity contribution in [2.75, 3.05) is 52.4 Å². The molecule has 266 valence electrons. The van der Waals surface area contributed by atoms with E-state index in [0.717, 1.165) is 42.8 Å². The van der Waals surface area contributed by atoms with Crippen molar-refractivity contribution < 1.29 is 14.3 Å². The van der Waals surface area contributed by atoms with Gasteiger partial charge < -0.3 is 14.5 Å². The monoisotopic (exact) mass is 718 g/mol. The number of rotatable bonds is 7. The fourth-order valence-corrected chi connectivity index (χ4v) is 7.61. The van der Waals surface area contributed by atoms with E-state index in [0.29, 0.717) is 66.5 Å². The molecule has 3 aromatic rings. The summed E-state index contributed by atoms with van der Waals surface area (Å²) in [5, 5.41) is 1.21. The van der Waals surface area contributed by atoms with Crippen molar-refractivity contribution in [3.05, 3.63) is 93.2 Å². The number of ether oxygens (including phenoxy) is 1. The van der Waals surface area contributed by atoms with Crippen molar-refractivity contribution in [1.82, 2.24) is 24.6 Å². The Morgan fingerprint density at radius 1 is 0.840 bits per heavy atom. The Morgan fingerprint density at radius 3 is 1.98 bits per heavy atom. The van der Waals surface area contributed by atoms with Crippen LogP contribution in [0.1, 0.15) is 76.8 Å². The highest BCUT2D eigenvalue weighted by Gasteiger charge is 2.60. The van der Waals surface area contributed by atoms with Crippen LogP contribution < -0.4 is 4.74 Å². The number of halogens is 2. The molecular weight excluding hydrogens is 671 g/mol. The van der Waals surface area contributed by atoms with Crippen LogP contribution in [0.25, 0.3) is 0 Å². The second-order valence-corrected chi connectivity index (χ2v) is 15.7. The molecule has 1 aromatic heterocycles. The minimum atomic E-state index is -1.02. The molecule has 0 N–H and O–H groups in total. The largest absolute Gasteiger partial charge is 0.493 e. The fraction of sp³-hybridized carbons (Fsp3) is 0.487. The van der Waals surface area contributed by atoms with Crippen LogP contribution >= 0.6 is 23.2 Å². The van der Waals surface area contributed by atoms with E-state index in [2.05, 4.69) is 39.5 Å². The Hall–Kier alpha value is -3.66. The van der Waals surface area contributed by atoms with Gasteiger partial charge >= 0.3 is 6.03 Å². The normalized spacial score (nSPS) is 23.0. The molecule has 11 heteroatoms. The number of nitrogens with zero attached hydrogens (tertiary/aromatic N) is 6. The lowest BCUT2D eigenvalue weighted by molar-refractivity contribution is -0.131. The van der Waals surface area contributed by atoms with Gasteiger partial charge in [-0.05, 0) is 69.0 Å². The second-order valence-electron chi connectivity index (χ2n) is 14.8. The van der Waals surface area contributed by atoms with Crippen LogP contribution in [0.2, 0.25) is 10.0 Å². The summed E-state index contributed by atoms with van der Waals surface area (Å²) in [5.74, 6) is 1.26. The van der Waals surface area contributed by atoms with Crippen LogP contribution in [0.4, 0.5) is 4.79 Å². The van der Waals surface area contributed by atoms with Crippen molar-refractivity contribution in [2.45, 2.75) is 70.9 Å². The number of carbonyl (C=O) groups is 2.